The Bertz CT molecular complexity index is 1310. The van der Waals surface area contributed by atoms with Crippen LogP contribution < -0.4 is 20.1 Å². The molecule has 1 fully saturated rings. The summed E-state index contributed by atoms with van der Waals surface area (Å²) in [6.45, 7) is 1.95. The van der Waals surface area contributed by atoms with Crippen molar-refractivity contribution in [3.63, 3.8) is 0 Å². The van der Waals surface area contributed by atoms with Crippen LogP contribution in [0.5, 0.6) is 11.5 Å². The number of carbonyl (C=O) groups excluding carboxylic acids is 2. The van der Waals surface area contributed by atoms with Crippen molar-refractivity contribution in [2.24, 2.45) is 0 Å². The Hall–Kier alpha value is -3.84. The first-order valence-corrected chi connectivity index (χ1v) is 12.9. The second-order valence-corrected chi connectivity index (χ2v) is 10.3. The van der Waals surface area contributed by atoms with Crippen LogP contribution in [0.4, 0.5) is 5.69 Å². The fourth-order valence-electron chi connectivity index (χ4n) is 5.61. The minimum absolute atomic E-state index is 0.149. The van der Waals surface area contributed by atoms with Crippen molar-refractivity contribution < 1.29 is 19.1 Å². The molecule has 0 saturated carbocycles. The molecular formula is C30H31N3O4. The van der Waals surface area contributed by atoms with Gasteiger partial charge in [-0.15, -0.1) is 0 Å². The fraction of sp³-hybridized carbons (Fsp3) is 0.333. The van der Waals surface area contributed by atoms with Gasteiger partial charge in [-0.05, 0) is 55.8 Å². The molecule has 1 saturated heterocycles. The van der Waals surface area contributed by atoms with Crippen LogP contribution in [0.15, 0.2) is 72.8 Å². The largest absolute Gasteiger partial charge is 0.487 e. The number of benzene rings is 3. The molecule has 2 amide bonds. The van der Waals surface area contributed by atoms with Gasteiger partial charge in [0.2, 0.25) is 0 Å². The summed E-state index contributed by atoms with van der Waals surface area (Å²) in [6.07, 6.45) is 2.54. The molecule has 1 spiro atoms. The molecule has 2 atom stereocenters. The molecule has 7 heteroatoms. The van der Waals surface area contributed by atoms with Crippen LogP contribution in [0.1, 0.15) is 46.8 Å². The van der Waals surface area contributed by atoms with E-state index in [0.29, 0.717) is 17.7 Å². The number of hydrogen-bond donors (Lipinski definition) is 2. The van der Waals surface area contributed by atoms with E-state index in [-0.39, 0.29) is 23.5 Å². The Labute approximate surface area is 216 Å². The second kappa shape index (κ2) is 9.56. The molecule has 7 nitrogen and oxygen atoms in total. The van der Waals surface area contributed by atoms with Crippen LogP contribution >= 0.6 is 0 Å². The van der Waals surface area contributed by atoms with E-state index in [1.807, 2.05) is 48.5 Å². The average molecular weight is 498 g/mol. The minimum Gasteiger partial charge on any atom is -0.487 e. The minimum atomic E-state index is -0.584. The molecule has 0 radical (unpaired) electrons. The number of rotatable bonds is 4. The third kappa shape index (κ3) is 4.79. The average Bonchev–Trinajstić information content (AvgIpc) is 3.35. The summed E-state index contributed by atoms with van der Waals surface area (Å²) >= 11 is 0. The predicted octanol–water partition coefficient (Wildman–Crippen LogP) is 4.35. The first-order valence-electron chi connectivity index (χ1n) is 12.9. The zero-order valence-corrected chi connectivity index (χ0v) is 20.9. The van der Waals surface area contributed by atoms with Crippen LogP contribution in [0.2, 0.25) is 0 Å². The van der Waals surface area contributed by atoms with Crippen LogP contribution in [-0.4, -0.2) is 48.6 Å². The van der Waals surface area contributed by atoms with Crippen LogP contribution in [0.25, 0.3) is 0 Å². The number of amides is 2. The molecule has 2 N–H and O–H groups in total. The summed E-state index contributed by atoms with van der Waals surface area (Å²) in [5, 5.41) is 6.17. The Morgan fingerprint density at radius 3 is 2.51 bits per heavy atom. The van der Waals surface area contributed by atoms with Gasteiger partial charge in [0.1, 0.15) is 17.1 Å². The first-order chi connectivity index (χ1) is 18.0. The highest BCUT2D eigenvalue weighted by Gasteiger charge is 2.43. The van der Waals surface area contributed by atoms with E-state index in [4.69, 9.17) is 9.47 Å². The smallest absolute Gasteiger partial charge is 0.265 e. The number of likely N-dealkylation sites (tertiary alicyclic amines) is 1. The fourth-order valence-corrected chi connectivity index (χ4v) is 5.61. The van der Waals surface area contributed by atoms with E-state index in [1.54, 1.807) is 24.3 Å². The Morgan fingerprint density at radius 1 is 0.946 bits per heavy atom. The molecule has 0 aromatic heterocycles. The number of anilines is 1. The highest BCUT2D eigenvalue weighted by Crippen LogP contribution is 2.44. The highest BCUT2D eigenvalue weighted by molar-refractivity contribution is 5.98. The molecule has 3 heterocycles. The molecule has 6 rings (SSSR count). The number of nitrogens with one attached hydrogen (secondary N) is 2. The molecule has 3 aliphatic heterocycles. The molecule has 3 aromatic rings. The van der Waals surface area contributed by atoms with Crippen molar-refractivity contribution in [1.29, 1.82) is 0 Å². The maximum Gasteiger partial charge on any atom is 0.265 e. The number of fused-ring (bicyclic) bond motifs is 2. The standard InChI is InChI=1S/C30H31N3O4/c1-33-15-13-30(14-16-33)19-24(23-10-3-5-12-26(23)37-30)32-28(34)21-8-6-9-22(17-21)31-29(35)27-18-20-7-2-4-11-25(20)36-27/h2-12,17,24,27H,13-16,18-19H2,1H3,(H,31,35)(H,32,34). The molecule has 0 aliphatic carbocycles. The number of nitrogens with zero attached hydrogens (tertiary/aromatic N) is 1. The van der Waals surface area contributed by atoms with Gasteiger partial charge in [0.25, 0.3) is 11.8 Å². The number of piperidine rings is 1. The second-order valence-electron chi connectivity index (χ2n) is 10.3. The number of ether oxygens (including phenoxy) is 2. The number of para-hydroxylation sites is 2. The molecular weight excluding hydrogens is 466 g/mol. The normalized spacial score (nSPS) is 21.8. The summed E-state index contributed by atoms with van der Waals surface area (Å²) in [6, 6.07) is 22.6. The maximum atomic E-state index is 13.4. The van der Waals surface area contributed by atoms with Gasteiger partial charge < -0.3 is 25.0 Å². The lowest BCUT2D eigenvalue weighted by atomic mass is 9.80. The Morgan fingerprint density at radius 2 is 1.70 bits per heavy atom. The zero-order chi connectivity index (χ0) is 25.4. The van der Waals surface area contributed by atoms with Gasteiger partial charge in [0.05, 0.1) is 6.04 Å². The topological polar surface area (TPSA) is 79.9 Å². The van der Waals surface area contributed by atoms with Gasteiger partial charge >= 0.3 is 0 Å². The monoisotopic (exact) mass is 497 g/mol. The molecule has 3 aliphatic rings. The van der Waals surface area contributed by atoms with Crippen molar-refractivity contribution in [2.75, 3.05) is 25.5 Å². The lowest BCUT2D eigenvalue weighted by molar-refractivity contribution is -0.122. The van der Waals surface area contributed by atoms with Gasteiger partial charge in [-0.2, -0.15) is 0 Å². The van der Waals surface area contributed by atoms with E-state index in [9.17, 15) is 9.59 Å². The number of hydrogen-bond acceptors (Lipinski definition) is 5. The quantitative estimate of drug-likeness (QED) is 0.560. The zero-order valence-electron chi connectivity index (χ0n) is 20.9. The Balaban J connectivity index is 1.16. The van der Waals surface area contributed by atoms with E-state index in [0.717, 1.165) is 55.0 Å². The van der Waals surface area contributed by atoms with Gasteiger partial charge in [0, 0.05) is 42.7 Å². The van der Waals surface area contributed by atoms with Crippen LogP contribution in [0, 0.1) is 0 Å². The Kier molecular flexibility index (Phi) is 6.08. The first kappa shape index (κ1) is 23.6. The SMILES string of the molecule is CN1CCC2(CC1)CC(NC(=O)c1cccc(NC(=O)C3Cc4ccccc4O3)c1)c1ccccc1O2. The van der Waals surface area contributed by atoms with Crippen LogP contribution in [-0.2, 0) is 11.2 Å². The van der Waals surface area contributed by atoms with Crippen molar-refractivity contribution in [3.05, 3.63) is 89.5 Å². The van der Waals surface area contributed by atoms with E-state index < -0.39 is 6.10 Å². The predicted molar refractivity (Wildman–Crippen MR) is 141 cm³/mol. The third-order valence-electron chi connectivity index (χ3n) is 7.73. The summed E-state index contributed by atoms with van der Waals surface area (Å²) in [4.78, 5) is 28.6. The molecule has 3 aromatic carbocycles. The van der Waals surface area contributed by atoms with E-state index >= 15 is 0 Å². The molecule has 2 unspecified atom stereocenters. The van der Waals surface area contributed by atoms with E-state index in [1.165, 1.54) is 0 Å². The van der Waals surface area contributed by atoms with Crippen molar-refractivity contribution in [2.45, 2.75) is 43.4 Å². The lowest BCUT2D eigenvalue weighted by Gasteiger charge is -2.46. The van der Waals surface area contributed by atoms with E-state index in [2.05, 4.69) is 22.6 Å². The van der Waals surface area contributed by atoms with Gasteiger partial charge in [-0.25, -0.2) is 0 Å². The summed E-state index contributed by atoms with van der Waals surface area (Å²) in [7, 11) is 2.13. The van der Waals surface area contributed by atoms with Crippen molar-refractivity contribution >= 4 is 17.5 Å². The van der Waals surface area contributed by atoms with Crippen LogP contribution in [0.3, 0.4) is 0 Å². The lowest BCUT2D eigenvalue weighted by Crippen LogP contribution is -2.51. The summed E-state index contributed by atoms with van der Waals surface area (Å²) in [5.74, 6) is 1.19. The molecule has 0 bridgehead atoms. The summed E-state index contributed by atoms with van der Waals surface area (Å²) < 4.78 is 12.3. The maximum absolute atomic E-state index is 13.4. The number of carbonyl (C=O) groups is 2. The molecule has 37 heavy (non-hydrogen) atoms. The van der Waals surface area contributed by atoms with Gasteiger partial charge in [-0.1, -0.05) is 42.5 Å². The van der Waals surface area contributed by atoms with Gasteiger partial charge in [-0.3, -0.25) is 9.59 Å². The van der Waals surface area contributed by atoms with Crippen molar-refractivity contribution in [3.8, 4) is 11.5 Å². The third-order valence-corrected chi connectivity index (χ3v) is 7.73. The van der Waals surface area contributed by atoms with Gasteiger partial charge in [0.15, 0.2) is 6.10 Å². The van der Waals surface area contributed by atoms with Crippen molar-refractivity contribution in [1.82, 2.24) is 10.2 Å². The molecule has 190 valence electrons. The summed E-state index contributed by atoms with van der Waals surface area (Å²) in [5.41, 5.74) is 2.82. The highest BCUT2D eigenvalue weighted by atomic mass is 16.5.